The third kappa shape index (κ3) is 4.91. The topological polar surface area (TPSA) is 138 Å². The van der Waals surface area contributed by atoms with Crippen molar-refractivity contribution in [2.45, 2.75) is 51.3 Å². The maximum absolute atomic E-state index is 12.3. The number of H-pyrrole nitrogens is 1. The van der Waals surface area contributed by atoms with Crippen LogP contribution < -0.4 is 10.6 Å². The fourth-order valence-electron chi connectivity index (χ4n) is 3.33. The van der Waals surface area contributed by atoms with Crippen LogP contribution in [0.1, 0.15) is 41.9 Å². The van der Waals surface area contributed by atoms with E-state index in [1.54, 1.807) is 19.4 Å². The van der Waals surface area contributed by atoms with E-state index in [0.29, 0.717) is 31.5 Å². The molecule has 0 aromatic carbocycles. The van der Waals surface area contributed by atoms with Crippen LogP contribution in [0.2, 0.25) is 0 Å². The predicted molar refractivity (Wildman–Crippen MR) is 95.6 cm³/mol. The molecule has 2 aromatic heterocycles. The van der Waals surface area contributed by atoms with E-state index in [1.165, 1.54) is 0 Å². The number of amides is 2. The summed E-state index contributed by atoms with van der Waals surface area (Å²) in [5.74, 6) is -0.653. The lowest BCUT2D eigenvalue weighted by Crippen LogP contribution is -2.49. The normalized spacial score (nSPS) is 22.4. The van der Waals surface area contributed by atoms with Gasteiger partial charge in [-0.3, -0.25) is 9.59 Å². The summed E-state index contributed by atoms with van der Waals surface area (Å²) in [4.78, 5) is 28.5. The fourth-order valence-corrected chi connectivity index (χ4v) is 3.33. The molecule has 1 aliphatic carbocycles. The number of aliphatic hydroxyl groups is 1. The maximum Gasteiger partial charge on any atom is 0.274 e. The number of aromatic amines is 1. The Kier molecular flexibility index (Phi) is 6.17. The van der Waals surface area contributed by atoms with Crippen molar-refractivity contribution in [2.75, 3.05) is 6.54 Å². The Morgan fingerprint density at radius 1 is 1.37 bits per heavy atom. The van der Waals surface area contributed by atoms with Gasteiger partial charge >= 0.3 is 0 Å². The van der Waals surface area contributed by atoms with Gasteiger partial charge in [-0.15, -0.1) is 0 Å². The minimum absolute atomic E-state index is 0.0446. The SMILES string of the molecule is Cc1n[nH]nc1C(=O)N[C@H]1CC[C@H](C(=O)NCCCn2ccnc2)C[C@@H]1O. The second-order valence-corrected chi connectivity index (χ2v) is 6.86. The summed E-state index contributed by atoms with van der Waals surface area (Å²) in [7, 11) is 0. The number of hydrogen-bond acceptors (Lipinski definition) is 6. The lowest BCUT2D eigenvalue weighted by molar-refractivity contribution is -0.127. The molecule has 27 heavy (non-hydrogen) atoms. The highest BCUT2D eigenvalue weighted by molar-refractivity contribution is 5.93. The molecule has 4 N–H and O–H groups in total. The van der Waals surface area contributed by atoms with Gasteiger partial charge in [0.25, 0.3) is 5.91 Å². The summed E-state index contributed by atoms with van der Waals surface area (Å²) in [6.45, 7) is 3.06. The summed E-state index contributed by atoms with van der Waals surface area (Å²) < 4.78 is 1.96. The van der Waals surface area contributed by atoms with Gasteiger partial charge in [-0.2, -0.15) is 15.4 Å². The van der Waals surface area contributed by atoms with Crippen molar-refractivity contribution >= 4 is 11.8 Å². The minimum atomic E-state index is -0.767. The summed E-state index contributed by atoms with van der Waals surface area (Å²) in [6, 6.07) is -0.390. The minimum Gasteiger partial charge on any atom is -0.391 e. The van der Waals surface area contributed by atoms with Crippen LogP contribution in [0, 0.1) is 12.8 Å². The average Bonchev–Trinajstić information content (AvgIpc) is 3.31. The van der Waals surface area contributed by atoms with Crippen LogP contribution in [0.4, 0.5) is 0 Å². The van der Waals surface area contributed by atoms with Crippen molar-refractivity contribution in [3.05, 3.63) is 30.1 Å². The molecule has 0 radical (unpaired) electrons. The molecule has 3 rings (SSSR count). The van der Waals surface area contributed by atoms with Crippen molar-refractivity contribution in [1.29, 1.82) is 0 Å². The van der Waals surface area contributed by atoms with Crippen LogP contribution in [-0.4, -0.2) is 60.6 Å². The zero-order chi connectivity index (χ0) is 19.2. The Balaban J connectivity index is 1.40. The number of aryl methyl sites for hydroxylation is 2. The highest BCUT2D eigenvalue weighted by Crippen LogP contribution is 2.25. The maximum atomic E-state index is 12.3. The molecule has 0 aliphatic heterocycles. The van der Waals surface area contributed by atoms with Gasteiger partial charge in [0, 0.05) is 31.4 Å². The third-order valence-corrected chi connectivity index (χ3v) is 4.89. The van der Waals surface area contributed by atoms with E-state index in [2.05, 4.69) is 31.0 Å². The lowest BCUT2D eigenvalue weighted by Gasteiger charge is -2.32. The molecule has 1 fully saturated rings. The number of nitrogens with zero attached hydrogens (tertiary/aromatic N) is 4. The number of carbonyl (C=O) groups is 2. The van der Waals surface area contributed by atoms with Crippen LogP contribution in [0.25, 0.3) is 0 Å². The third-order valence-electron chi connectivity index (χ3n) is 4.89. The largest absolute Gasteiger partial charge is 0.391 e. The van der Waals surface area contributed by atoms with Crippen LogP contribution in [-0.2, 0) is 11.3 Å². The zero-order valence-electron chi connectivity index (χ0n) is 15.3. The average molecular weight is 375 g/mol. The summed E-state index contributed by atoms with van der Waals surface area (Å²) >= 11 is 0. The lowest BCUT2D eigenvalue weighted by atomic mass is 9.83. The smallest absolute Gasteiger partial charge is 0.274 e. The van der Waals surface area contributed by atoms with E-state index >= 15 is 0 Å². The van der Waals surface area contributed by atoms with Gasteiger partial charge in [0.05, 0.1) is 24.2 Å². The van der Waals surface area contributed by atoms with E-state index in [-0.39, 0.29) is 29.5 Å². The van der Waals surface area contributed by atoms with Crippen molar-refractivity contribution < 1.29 is 14.7 Å². The van der Waals surface area contributed by atoms with E-state index in [1.807, 2.05) is 10.8 Å². The molecule has 0 spiro atoms. The van der Waals surface area contributed by atoms with Crippen molar-refractivity contribution in [3.8, 4) is 0 Å². The molecule has 10 heteroatoms. The van der Waals surface area contributed by atoms with Crippen molar-refractivity contribution in [3.63, 3.8) is 0 Å². The highest BCUT2D eigenvalue weighted by atomic mass is 16.3. The second kappa shape index (κ2) is 8.76. The summed E-state index contributed by atoms with van der Waals surface area (Å²) in [6.07, 6.45) is 6.88. The molecule has 146 valence electrons. The van der Waals surface area contributed by atoms with E-state index < -0.39 is 6.10 Å². The Morgan fingerprint density at radius 3 is 2.89 bits per heavy atom. The molecule has 10 nitrogen and oxygen atoms in total. The predicted octanol–water partition coefficient (Wildman–Crippen LogP) is -0.224. The highest BCUT2D eigenvalue weighted by Gasteiger charge is 2.34. The number of aliphatic hydroxyl groups excluding tert-OH is 1. The van der Waals surface area contributed by atoms with Crippen molar-refractivity contribution in [1.82, 2.24) is 35.6 Å². The Morgan fingerprint density at radius 2 is 2.22 bits per heavy atom. The molecular formula is C17H25N7O3. The molecular weight excluding hydrogens is 350 g/mol. The standard InChI is InChI=1S/C17H25N7O3/c1-11-15(22-23-21-11)17(27)20-13-4-3-12(9-14(13)25)16(26)19-5-2-7-24-8-6-18-10-24/h6,8,10,12-14,25H,2-5,7,9H2,1H3,(H,19,26)(H,20,27)(H,21,22,23)/t12-,13-,14-/m0/s1. The first-order valence-corrected chi connectivity index (χ1v) is 9.14. The molecule has 2 amide bonds. The second-order valence-electron chi connectivity index (χ2n) is 6.86. The summed E-state index contributed by atoms with van der Waals surface area (Å²) in [5.41, 5.74) is 0.728. The Hall–Kier alpha value is -2.75. The fraction of sp³-hybridized carbons (Fsp3) is 0.588. The number of nitrogens with one attached hydrogen (secondary N) is 3. The molecule has 0 unspecified atom stereocenters. The zero-order valence-corrected chi connectivity index (χ0v) is 15.3. The molecule has 2 heterocycles. The van der Waals surface area contributed by atoms with Gasteiger partial charge < -0.3 is 20.3 Å². The van der Waals surface area contributed by atoms with Gasteiger partial charge in [0.1, 0.15) is 0 Å². The monoisotopic (exact) mass is 375 g/mol. The number of carbonyl (C=O) groups excluding carboxylic acids is 2. The molecule has 1 saturated carbocycles. The molecule has 3 atom stereocenters. The van der Waals surface area contributed by atoms with E-state index in [9.17, 15) is 14.7 Å². The van der Waals surface area contributed by atoms with E-state index in [0.717, 1.165) is 13.0 Å². The molecule has 2 aromatic rings. The van der Waals surface area contributed by atoms with Crippen LogP contribution in [0.3, 0.4) is 0 Å². The number of hydrogen-bond donors (Lipinski definition) is 4. The number of rotatable bonds is 7. The van der Waals surface area contributed by atoms with Gasteiger partial charge in [0.2, 0.25) is 5.91 Å². The van der Waals surface area contributed by atoms with Crippen molar-refractivity contribution in [2.24, 2.45) is 5.92 Å². The first kappa shape index (κ1) is 19.0. The molecule has 1 aliphatic rings. The number of aromatic nitrogens is 5. The summed E-state index contributed by atoms with van der Waals surface area (Å²) in [5, 5.41) is 26.1. The van der Waals surface area contributed by atoms with Crippen LogP contribution in [0.5, 0.6) is 0 Å². The van der Waals surface area contributed by atoms with Gasteiger partial charge in [-0.1, -0.05) is 0 Å². The van der Waals surface area contributed by atoms with Crippen LogP contribution >= 0.6 is 0 Å². The molecule has 0 bridgehead atoms. The van der Waals surface area contributed by atoms with Crippen LogP contribution in [0.15, 0.2) is 18.7 Å². The number of imidazole rings is 1. The van der Waals surface area contributed by atoms with Gasteiger partial charge in [-0.25, -0.2) is 4.98 Å². The van der Waals surface area contributed by atoms with E-state index in [4.69, 9.17) is 0 Å². The van der Waals surface area contributed by atoms with Gasteiger partial charge in [-0.05, 0) is 32.6 Å². The first-order chi connectivity index (χ1) is 13.0. The Labute approximate surface area is 156 Å². The quantitative estimate of drug-likeness (QED) is 0.494. The van der Waals surface area contributed by atoms with Gasteiger partial charge in [0.15, 0.2) is 5.69 Å². The first-order valence-electron chi connectivity index (χ1n) is 9.14. The molecule has 0 saturated heterocycles. The Bertz CT molecular complexity index is 758.